The van der Waals surface area contributed by atoms with Crippen LogP contribution in [-0.4, -0.2) is 22.8 Å². The molecule has 6 nitrogen and oxygen atoms in total. The first-order valence-corrected chi connectivity index (χ1v) is 8.49. The fraction of sp³-hybridized carbons (Fsp3) is 0.150. The van der Waals surface area contributed by atoms with Crippen LogP contribution < -0.4 is 10.5 Å². The van der Waals surface area contributed by atoms with Gasteiger partial charge in [-0.3, -0.25) is 14.4 Å². The molecule has 1 amide bonds. The second-order valence-corrected chi connectivity index (χ2v) is 6.41. The predicted octanol–water partition coefficient (Wildman–Crippen LogP) is 3.42. The lowest BCUT2D eigenvalue weighted by Gasteiger charge is -2.07. The van der Waals surface area contributed by atoms with E-state index in [-0.39, 0.29) is 12.3 Å². The highest BCUT2D eigenvalue weighted by molar-refractivity contribution is 6.44. The Morgan fingerprint density at radius 2 is 2.07 bits per heavy atom. The Bertz CT molecular complexity index is 1100. The van der Waals surface area contributed by atoms with E-state index >= 15 is 0 Å². The molecule has 136 valence electrons. The van der Waals surface area contributed by atoms with Crippen LogP contribution >= 0.6 is 11.6 Å². The molecule has 0 saturated carbocycles. The lowest BCUT2D eigenvalue weighted by molar-refractivity contribution is -0.114. The molecule has 0 spiro atoms. The molecule has 2 N–H and O–H groups in total. The zero-order valence-electron chi connectivity index (χ0n) is 14.5. The number of fused-ring (bicyclic) bond motifs is 1. The van der Waals surface area contributed by atoms with E-state index in [0.717, 1.165) is 11.3 Å². The molecule has 3 aromatic rings. The van der Waals surface area contributed by atoms with Crippen molar-refractivity contribution in [1.29, 1.82) is 0 Å². The van der Waals surface area contributed by atoms with Crippen molar-refractivity contribution in [3.05, 3.63) is 81.4 Å². The van der Waals surface area contributed by atoms with Gasteiger partial charge in [-0.15, -0.1) is 0 Å². The third kappa shape index (κ3) is 3.50. The molecule has 2 aromatic heterocycles. The lowest BCUT2D eigenvalue weighted by Crippen LogP contribution is -2.23. The first-order valence-electron chi connectivity index (χ1n) is 8.11. The highest BCUT2D eigenvalue weighted by Gasteiger charge is 2.26. The van der Waals surface area contributed by atoms with Gasteiger partial charge < -0.3 is 14.9 Å². The summed E-state index contributed by atoms with van der Waals surface area (Å²) in [5.74, 6) is -1.49. The van der Waals surface area contributed by atoms with Gasteiger partial charge in [-0.25, -0.2) is 6.57 Å². The van der Waals surface area contributed by atoms with E-state index in [1.807, 2.05) is 18.2 Å². The van der Waals surface area contributed by atoms with Gasteiger partial charge in [0, 0.05) is 23.3 Å². The van der Waals surface area contributed by atoms with E-state index in [1.54, 1.807) is 35.7 Å². The predicted molar refractivity (Wildman–Crippen MR) is 102 cm³/mol. The number of primary amides is 1. The molecule has 0 unspecified atom stereocenters. The van der Waals surface area contributed by atoms with Gasteiger partial charge >= 0.3 is 6.73 Å². The van der Waals surface area contributed by atoms with Gasteiger partial charge in [-0.2, -0.15) is 0 Å². The SMILES string of the molecule is [C-]#[N+]COc1cccn2c(Cc3cccc(Cl)c3)c(C)c(C(=O)C(N)=O)c12. The summed E-state index contributed by atoms with van der Waals surface area (Å²) in [6, 6.07) is 10.8. The normalized spacial score (nSPS) is 10.6. The Balaban J connectivity index is 2.25. The summed E-state index contributed by atoms with van der Waals surface area (Å²) in [4.78, 5) is 27.3. The number of Topliss-reactive ketones (excluding diaryl/α,β-unsaturated/α-hetero) is 1. The van der Waals surface area contributed by atoms with Gasteiger partial charge in [-0.05, 0) is 42.3 Å². The molecule has 27 heavy (non-hydrogen) atoms. The van der Waals surface area contributed by atoms with Crippen molar-refractivity contribution in [2.24, 2.45) is 5.73 Å². The highest BCUT2D eigenvalue weighted by atomic mass is 35.5. The summed E-state index contributed by atoms with van der Waals surface area (Å²) < 4.78 is 7.27. The zero-order chi connectivity index (χ0) is 19.6. The molecule has 0 atom stereocenters. The third-order valence-electron chi connectivity index (χ3n) is 4.29. The van der Waals surface area contributed by atoms with Gasteiger partial charge in [-0.1, -0.05) is 23.7 Å². The molecule has 0 aliphatic heterocycles. The summed E-state index contributed by atoms with van der Waals surface area (Å²) in [6.45, 7) is 8.49. The largest absolute Gasteiger partial charge is 0.424 e. The number of amides is 1. The first kappa shape index (κ1) is 18.5. The van der Waals surface area contributed by atoms with Gasteiger partial charge in [0.05, 0.1) is 11.1 Å². The molecular formula is C20H16ClN3O3. The Hall–Kier alpha value is -3.30. The number of nitrogens with two attached hydrogens (primary N) is 1. The van der Waals surface area contributed by atoms with Crippen molar-refractivity contribution in [3.63, 3.8) is 0 Å². The number of nitrogens with zero attached hydrogens (tertiary/aromatic N) is 2. The van der Waals surface area contributed by atoms with Crippen LogP contribution in [0.5, 0.6) is 5.75 Å². The van der Waals surface area contributed by atoms with Crippen LogP contribution in [0.1, 0.15) is 27.2 Å². The number of ether oxygens (including phenoxy) is 1. The summed E-state index contributed by atoms with van der Waals surface area (Å²) in [6.07, 6.45) is 2.27. The number of halogens is 1. The first-order chi connectivity index (χ1) is 12.9. The third-order valence-corrected chi connectivity index (χ3v) is 4.52. The van der Waals surface area contributed by atoms with E-state index in [0.29, 0.717) is 28.3 Å². The van der Waals surface area contributed by atoms with Crippen LogP contribution in [0, 0.1) is 13.5 Å². The Kier molecular flexibility index (Phi) is 5.15. The number of carbonyl (C=O) groups is 2. The average molecular weight is 382 g/mol. The maximum Gasteiger partial charge on any atom is 0.357 e. The maximum atomic E-state index is 12.5. The summed E-state index contributed by atoms with van der Waals surface area (Å²) in [7, 11) is 0. The molecule has 0 saturated heterocycles. The second-order valence-electron chi connectivity index (χ2n) is 5.97. The summed E-state index contributed by atoms with van der Waals surface area (Å²) >= 11 is 6.08. The second kappa shape index (κ2) is 7.52. The van der Waals surface area contributed by atoms with Crippen molar-refractivity contribution >= 4 is 28.8 Å². The molecule has 0 aliphatic rings. The van der Waals surface area contributed by atoms with Crippen LogP contribution in [0.4, 0.5) is 0 Å². The highest BCUT2D eigenvalue weighted by Crippen LogP contribution is 2.32. The van der Waals surface area contributed by atoms with Crippen LogP contribution in [0.3, 0.4) is 0 Å². The molecule has 2 heterocycles. The summed E-state index contributed by atoms with van der Waals surface area (Å²) in [5.41, 5.74) is 8.28. The van der Waals surface area contributed by atoms with Crippen molar-refractivity contribution < 1.29 is 14.3 Å². The quantitative estimate of drug-likeness (QED) is 0.403. The molecule has 1 aromatic carbocycles. The number of ketones is 1. The standard InChI is InChI=1S/C20H16ClN3O3/c1-12-15(10-13-5-3-6-14(21)9-13)24-8-4-7-16(27-11-23-2)18(24)17(12)19(25)20(22)26/h3-9H,10-11H2,1H3,(H2,22,26). The molecule has 0 aliphatic carbocycles. The van der Waals surface area contributed by atoms with Crippen molar-refractivity contribution in [2.45, 2.75) is 13.3 Å². The van der Waals surface area contributed by atoms with Crippen molar-refractivity contribution in [3.8, 4) is 5.75 Å². The van der Waals surface area contributed by atoms with Crippen molar-refractivity contribution in [1.82, 2.24) is 4.40 Å². The van der Waals surface area contributed by atoms with Crippen LogP contribution in [0.25, 0.3) is 10.4 Å². The maximum absolute atomic E-state index is 12.5. The van der Waals surface area contributed by atoms with Crippen molar-refractivity contribution in [2.75, 3.05) is 6.73 Å². The Morgan fingerprint density at radius 1 is 1.30 bits per heavy atom. The minimum Gasteiger partial charge on any atom is -0.424 e. The Labute approximate surface area is 160 Å². The fourth-order valence-corrected chi connectivity index (χ4v) is 3.35. The zero-order valence-corrected chi connectivity index (χ0v) is 15.3. The minimum atomic E-state index is -1.04. The number of hydrogen-bond acceptors (Lipinski definition) is 3. The number of pyridine rings is 1. The van der Waals surface area contributed by atoms with E-state index in [2.05, 4.69) is 4.85 Å². The van der Waals surface area contributed by atoms with Crippen LogP contribution in [0.15, 0.2) is 42.6 Å². The average Bonchev–Trinajstić information content (AvgIpc) is 2.92. The van der Waals surface area contributed by atoms with E-state index < -0.39 is 11.7 Å². The van der Waals surface area contributed by atoms with Gasteiger partial charge in [0.1, 0.15) is 0 Å². The number of benzene rings is 1. The van der Waals surface area contributed by atoms with Gasteiger partial charge in [0.25, 0.3) is 11.7 Å². The molecule has 3 rings (SSSR count). The number of carbonyl (C=O) groups excluding carboxylic acids is 2. The Morgan fingerprint density at radius 3 is 2.74 bits per heavy atom. The summed E-state index contributed by atoms with van der Waals surface area (Å²) in [5, 5.41) is 0.612. The minimum absolute atomic E-state index is 0.195. The molecular weight excluding hydrogens is 366 g/mol. The van der Waals surface area contributed by atoms with Crippen LogP contribution in [-0.2, 0) is 11.2 Å². The monoisotopic (exact) mass is 381 g/mol. The van der Waals surface area contributed by atoms with Gasteiger partial charge in [0.15, 0.2) is 5.75 Å². The topological polar surface area (TPSA) is 78.2 Å². The number of rotatable bonds is 6. The van der Waals surface area contributed by atoms with Gasteiger partial charge in [0.2, 0.25) is 0 Å². The van der Waals surface area contributed by atoms with E-state index in [4.69, 9.17) is 28.6 Å². The lowest BCUT2D eigenvalue weighted by atomic mass is 10.0. The van der Waals surface area contributed by atoms with E-state index in [1.165, 1.54) is 0 Å². The smallest absolute Gasteiger partial charge is 0.357 e. The molecule has 0 bridgehead atoms. The molecule has 0 fully saturated rings. The molecule has 0 radical (unpaired) electrons. The fourth-order valence-electron chi connectivity index (χ4n) is 3.14. The molecule has 7 heteroatoms. The number of aromatic nitrogens is 1. The van der Waals surface area contributed by atoms with Crippen LogP contribution in [0.2, 0.25) is 5.02 Å². The van der Waals surface area contributed by atoms with E-state index in [9.17, 15) is 9.59 Å². The number of hydrogen-bond donors (Lipinski definition) is 1.